The molecule has 1 aliphatic rings. The summed E-state index contributed by atoms with van der Waals surface area (Å²) in [6.45, 7) is 7.53. The van der Waals surface area contributed by atoms with Crippen LogP contribution in [0.4, 0.5) is 11.5 Å². The molecule has 1 aliphatic heterocycles. The molecule has 6 nitrogen and oxygen atoms in total. The number of amides is 1. The summed E-state index contributed by atoms with van der Waals surface area (Å²) >= 11 is 0. The zero-order valence-corrected chi connectivity index (χ0v) is 16.0. The number of hydrogen-bond acceptors (Lipinski definition) is 5. The maximum Gasteiger partial charge on any atom is 0.231 e. The third-order valence-corrected chi connectivity index (χ3v) is 5.36. The number of furan rings is 1. The molecule has 0 radical (unpaired) electrons. The molecular formula is C21H24N4O2. The Hall–Kier alpha value is -2.89. The highest BCUT2D eigenvalue weighted by molar-refractivity contribution is 5.94. The fourth-order valence-electron chi connectivity index (χ4n) is 3.67. The highest BCUT2D eigenvalue weighted by Gasteiger charge is 2.28. The largest absolute Gasteiger partial charge is 0.443 e. The second-order valence-corrected chi connectivity index (χ2v) is 7.30. The van der Waals surface area contributed by atoms with Gasteiger partial charge in [-0.3, -0.25) is 4.79 Å². The van der Waals surface area contributed by atoms with Gasteiger partial charge in [0, 0.05) is 24.3 Å². The van der Waals surface area contributed by atoms with Gasteiger partial charge in [0.1, 0.15) is 17.9 Å². The summed E-state index contributed by atoms with van der Waals surface area (Å²) in [6, 6.07) is 7.90. The van der Waals surface area contributed by atoms with Crippen molar-refractivity contribution in [2.45, 2.75) is 33.6 Å². The van der Waals surface area contributed by atoms with Crippen molar-refractivity contribution >= 4 is 28.5 Å². The van der Waals surface area contributed by atoms with Crippen LogP contribution in [0.3, 0.4) is 0 Å². The van der Waals surface area contributed by atoms with Gasteiger partial charge in [-0.2, -0.15) is 0 Å². The summed E-state index contributed by atoms with van der Waals surface area (Å²) in [5.74, 6) is 1.71. The minimum atomic E-state index is -0.0710. The molecule has 4 rings (SSSR count). The zero-order chi connectivity index (χ0) is 19.0. The van der Waals surface area contributed by atoms with Crippen LogP contribution in [0.1, 0.15) is 29.7 Å². The smallest absolute Gasteiger partial charge is 0.231 e. The summed E-state index contributed by atoms with van der Waals surface area (Å²) in [6.07, 6.45) is 3.37. The lowest BCUT2D eigenvalue weighted by atomic mass is 9.96. The van der Waals surface area contributed by atoms with Gasteiger partial charge in [0.2, 0.25) is 11.6 Å². The van der Waals surface area contributed by atoms with Gasteiger partial charge in [-0.15, -0.1) is 0 Å². The second-order valence-electron chi connectivity index (χ2n) is 7.30. The lowest BCUT2D eigenvalue weighted by Gasteiger charge is -2.33. The van der Waals surface area contributed by atoms with Gasteiger partial charge < -0.3 is 14.6 Å². The van der Waals surface area contributed by atoms with E-state index in [2.05, 4.69) is 20.2 Å². The third kappa shape index (κ3) is 3.39. The molecule has 0 bridgehead atoms. The topological polar surface area (TPSA) is 71.3 Å². The summed E-state index contributed by atoms with van der Waals surface area (Å²) in [5, 5.41) is 4.00. The first-order chi connectivity index (χ1) is 13.0. The average Bonchev–Trinajstić information content (AvgIpc) is 2.98. The highest BCUT2D eigenvalue weighted by atomic mass is 16.3. The third-order valence-electron chi connectivity index (χ3n) is 5.36. The first kappa shape index (κ1) is 17.5. The molecule has 3 heterocycles. The van der Waals surface area contributed by atoms with Crippen LogP contribution in [0.2, 0.25) is 0 Å². The Morgan fingerprint density at radius 2 is 1.96 bits per heavy atom. The van der Waals surface area contributed by atoms with E-state index in [1.807, 2.05) is 45.0 Å². The number of hydrogen-bond donors (Lipinski definition) is 1. The summed E-state index contributed by atoms with van der Waals surface area (Å²) in [5.41, 5.74) is 3.69. The number of aryl methyl sites for hydroxylation is 3. The molecule has 140 valence electrons. The molecule has 0 spiro atoms. The van der Waals surface area contributed by atoms with Crippen molar-refractivity contribution in [1.29, 1.82) is 0 Å². The van der Waals surface area contributed by atoms with Crippen molar-refractivity contribution in [3.63, 3.8) is 0 Å². The lowest BCUT2D eigenvalue weighted by molar-refractivity contribution is -0.120. The van der Waals surface area contributed by atoms with Gasteiger partial charge in [0.25, 0.3) is 0 Å². The van der Waals surface area contributed by atoms with E-state index in [1.54, 1.807) is 0 Å². The van der Waals surface area contributed by atoms with E-state index in [-0.39, 0.29) is 11.8 Å². The number of rotatable bonds is 3. The number of anilines is 2. The molecule has 1 atom stereocenters. The number of benzene rings is 1. The lowest BCUT2D eigenvalue weighted by Crippen LogP contribution is -2.41. The number of fused-ring (bicyclic) bond motifs is 1. The maximum absolute atomic E-state index is 12.8. The predicted molar refractivity (Wildman–Crippen MR) is 106 cm³/mol. The molecule has 1 amide bonds. The van der Waals surface area contributed by atoms with Crippen LogP contribution in [0, 0.1) is 26.7 Å². The first-order valence-electron chi connectivity index (χ1n) is 9.36. The molecule has 0 saturated carbocycles. The SMILES string of the molecule is Cc1ccc(NC(=O)C2CCCN(c3ncnc4oc(C)c(C)c34)C2)cc1. The number of aromatic nitrogens is 2. The van der Waals surface area contributed by atoms with Crippen LogP contribution in [-0.2, 0) is 4.79 Å². The Bertz CT molecular complexity index is 978. The zero-order valence-electron chi connectivity index (χ0n) is 16.0. The minimum absolute atomic E-state index is 0.0638. The molecule has 1 saturated heterocycles. The molecule has 2 aromatic heterocycles. The molecule has 1 unspecified atom stereocenters. The van der Waals surface area contributed by atoms with E-state index in [0.29, 0.717) is 12.3 Å². The van der Waals surface area contributed by atoms with Gasteiger partial charge in [-0.25, -0.2) is 9.97 Å². The van der Waals surface area contributed by atoms with E-state index < -0.39 is 0 Å². The molecule has 6 heteroatoms. The van der Waals surface area contributed by atoms with Crippen molar-refractivity contribution in [2.75, 3.05) is 23.3 Å². The maximum atomic E-state index is 12.8. The number of nitrogens with zero attached hydrogens (tertiary/aromatic N) is 3. The standard InChI is InChI=1S/C21H24N4O2/c1-13-6-8-17(9-7-13)24-20(26)16-5-4-10-25(11-16)19-18-14(2)15(3)27-21(18)23-12-22-19/h6-9,12,16H,4-5,10-11H2,1-3H3,(H,24,26). The van der Waals surface area contributed by atoms with Crippen LogP contribution in [0.25, 0.3) is 11.1 Å². The molecule has 0 aliphatic carbocycles. The van der Waals surface area contributed by atoms with Gasteiger partial charge >= 0.3 is 0 Å². The number of carbonyl (C=O) groups excluding carboxylic acids is 1. The van der Waals surface area contributed by atoms with E-state index in [9.17, 15) is 4.79 Å². The molecule has 1 aromatic carbocycles. The predicted octanol–water partition coefficient (Wildman–Crippen LogP) is 4.00. The fraction of sp³-hybridized carbons (Fsp3) is 0.381. The van der Waals surface area contributed by atoms with Crippen molar-refractivity contribution < 1.29 is 9.21 Å². The Balaban J connectivity index is 1.55. The first-order valence-corrected chi connectivity index (χ1v) is 9.36. The average molecular weight is 364 g/mol. The van der Waals surface area contributed by atoms with Gasteiger partial charge in [0.05, 0.1) is 11.3 Å². The van der Waals surface area contributed by atoms with Crippen molar-refractivity contribution in [1.82, 2.24) is 9.97 Å². The van der Waals surface area contributed by atoms with Crippen molar-refractivity contribution in [3.8, 4) is 0 Å². The fourth-order valence-corrected chi connectivity index (χ4v) is 3.67. The summed E-state index contributed by atoms with van der Waals surface area (Å²) in [7, 11) is 0. The molecular weight excluding hydrogens is 340 g/mol. The van der Waals surface area contributed by atoms with Crippen molar-refractivity contribution in [3.05, 3.63) is 47.5 Å². The molecule has 3 aromatic rings. The quantitative estimate of drug-likeness (QED) is 0.760. The van der Waals surface area contributed by atoms with E-state index >= 15 is 0 Å². The van der Waals surface area contributed by atoms with E-state index in [1.165, 1.54) is 11.9 Å². The van der Waals surface area contributed by atoms with Crippen molar-refractivity contribution in [2.24, 2.45) is 5.92 Å². The minimum Gasteiger partial charge on any atom is -0.443 e. The van der Waals surface area contributed by atoms with Crippen LogP contribution in [0.15, 0.2) is 35.0 Å². The molecule has 1 N–H and O–H groups in total. The normalized spacial score (nSPS) is 17.3. The second kappa shape index (κ2) is 7.02. The van der Waals surface area contributed by atoms with Gasteiger partial charge in [-0.1, -0.05) is 17.7 Å². The number of nitrogens with one attached hydrogen (secondary N) is 1. The molecule has 27 heavy (non-hydrogen) atoms. The van der Waals surface area contributed by atoms with Gasteiger partial charge in [-0.05, 0) is 45.7 Å². The Morgan fingerprint density at radius 1 is 1.19 bits per heavy atom. The Morgan fingerprint density at radius 3 is 2.74 bits per heavy atom. The van der Waals surface area contributed by atoms with Crippen LogP contribution >= 0.6 is 0 Å². The number of carbonyl (C=O) groups is 1. The molecule has 1 fully saturated rings. The van der Waals surface area contributed by atoms with Crippen LogP contribution in [-0.4, -0.2) is 29.0 Å². The van der Waals surface area contributed by atoms with E-state index in [4.69, 9.17) is 4.42 Å². The van der Waals surface area contributed by atoms with Crippen LogP contribution in [0.5, 0.6) is 0 Å². The highest BCUT2D eigenvalue weighted by Crippen LogP contribution is 2.32. The van der Waals surface area contributed by atoms with Gasteiger partial charge in [0.15, 0.2) is 0 Å². The summed E-state index contributed by atoms with van der Waals surface area (Å²) < 4.78 is 5.74. The number of piperidine rings is 1. The summed E-state index contributed by atoms with van der Waals surface area (Å²) in [4.78, 5) is 23.7. The van der Waals surface area contributed by atoms with E-state index in [0.717, 1.165) is 47.6 Å². The van der Waals surface area contributed by atoms with Crippen LogP contribution < -0.4 is 10.2 Å². The monoisotopic (exact) mass is 364 g/mol. The Kier molecular flexibility index (Phi) is 4.56. The Labute approximate surface area is 158 Å².